The Balaban J connectivity index is 1.39. The van der Waals surface area contributed by atoms with E-state index in [0.717, 1.165) is 50.4 Å². The third kappa shape index (κ3) is 4.29. The molecule has 3 saturated carbocycles. The van der Waals surface area contributed by atoms with E-state index in [1.807, 2.05) is 0 Å². The molecule has 3 rings (SSSR count). The fourth-order valence-electron chi connectivity index (χ4n) is 4.90. The third-order valence-corrected chi connectivity index (χ3v) is 6.42. The first-order valence-electron chi connectivity index (χ1n) is 9.68. The summed E-state index contributed by atoms with van der Waals surface area (Å²) in [6.45, 7) is 0. The zero-order chi connectivity index (χ0) is 15.4. The molecule has 0 amide bonds. The van der Waals surface area contributed by atoms with E-state index >= 15 is 0 Å². The molecule has 0 atom stereocenters. The summed E-state index contributed by atoms with van der Waals surface area (Å²) in [5.74, 6) is 2.42. The maximum absolute atomic E-state index is 12.4. The highest BCUT2D eigenvalue weighted by molar-refractivity contribution is 6.11. The first-order valence-corrected chi connectivity index (χ1v) is 9.68. The highest BCUT2D eigenvalue weighted by Gasteiger charge is 2.33. The maximum Gasteiger partial charge on any atom is 0.309 e. The summed E-state index contributed by atoms with van der Waals surface area (Å²) in [6, 6.07) is 0. The van der Waals surface area contributed by atoms with Crippen molar-refractivity contribution in [3.63, 3.8) is 0 Å². The van der Waals surface area contributed by atoms with Gasteiger partial charge in [-0.3, -0.25) is 4.79 Å². The van der Waals surface area contributed by atoms with Crippen molar-refractivity contribution >= 4 is 13.8 Å². The van der Waals surface area contributed by atoms with Crippen LogP contribution >= 0.6 is 0 Å². The van der Waals surface area contributed by atoms with Crippen LogP contribution in [0.3, 0.4) is 0 Å². The highest BCUT2D eigenvalue weighted by Crippen LogP contribution is 2.40. The van der Waals surface area contributed by atoms with E-state index in [1.165, 1.54) is 44.9 Å². The predicted molar refractivity (Wildman–Crippen MR) is 89.9 cm³/mol. The van der Waals surface area contributed by atoms with E-state index in [4.69, 9.17) is 12.6 Å². The van der Waals surface area contributed by atoms with Gasteiger partial charge in [-0.05, 0) is 50.4 Å². The first kappa shape index (κ1) is 16.4. The minimum Gasteiger partial charge on any atom is -0.462 e. The van der Waals surface area contributed by atoms with Gasteiger partial charge in [0.1, 0.15) is 6.10 Å². The Labute approximate surface area is 137 Å². The molecule has 3 fully saturated rings. The molecule has 0 bridgehead atoms. The minimum atomic E-state index is 0.0857. The number of rotatable bonds is 3. The standard InChI is InChI=1S/C19H31BO2/c20-17-10-12-18(13-11-17)22-19(21)16-8-6-15(7-9-16)14-4-2-1-3-5-14/h14-18H,1-13H2. The largest absolute Gasteiger partial charge is 0.462 e. The number of ether oxygens (including phenoxy) is 1. The average Bonchev–Trinajstić information content (AvgIpc) is 2.58. The Hall–Kier alpha value is -0.465. The van der Waals surface area contributed by atoms with Crippen molar-refractivity contribution in [1.29, 1.82) is 0 Å². The molecular formula is C19H31BO2. The first-order chi connectivity index (χ1) is 10.7. The van der Waals surface area contributed by atoms with Crippen molar-refractivity contribution in [1.82, 2.24) is 0 Å². The van der Waals surface area contributed by atoms with Crippen LogP contribution in [0, 0.1) is 17.8 Å². The van der Waals surface area contributed by atoms with E-state index in [2.05, 4.69) is 0 Å². The molecule has 22 heavy (non-hydrogen) atoms. The van der Waals surface area contributed by atoms with E-state index in [1.54, 1.807) is 0 Å². The van der Waals surface area contributed by atoms with Crippen LogP contribution in [0.5, 0.6) is 0 Å². The molecule has 0 N–H and O–H groups in total. The topological polar surface area (TPSA) is 26.3 Å². The van der Waals surface area contributed by atoms with E-state index < -0.39 is 0 Å². The lowest BCUT2D eigenvalue weighted by atomic mass is 9.71. The molecule has 0 spiro atoms. The summed E-state index contributed by atoms with van der Waals surface area (Å²) < 4.78 is 5.77. The van der Waals surface area contributed by atoms with Crippen molar-refractivity contribution in [2.75, 3.05) is 0 Å². The van der Waals surface area contributed by atoms with Crippen LogP contribution in [0.2, 0.25) is 5.82 Å². The number of hydrogen-bond donors (Lipinski definition) is 0. The normalized spacial score (nSPS) is 37.6. The van der Waals surface area contributed by atoms with Gasteiger partial charge < -0.3 is 4.74 Å². The number of carbonyl (C=O) groups excluding carboxylic acids is 1. The van der Waals surface area contributed by atoms with Gasteiger partial charge in [0.05, 0.1) is 13.8 Å². The van der Waals surface area contributed by atoms with E-state index in [9.17, 15) is 4.79 Å². The van der Waals surface area contributed by atoms with Crippen molar-refractivity contribution < 1.29 is 9.53 Å². The van der Waals surface area contributed by atoms with E-state index in [-0.39, 0.29) is 18.0 Å². The summed E-state index contributed by atoms with van der Waals surface area (Å²) in [4.78, 5) is 12.4. The lowest BCUT2D eigenvalue weighted by molar-refractivity contribution is -0.157. The Bertz CT molecular complexity index is 348. The molecule has 3 heteroatoms. The summed E-state index contributed by atoms with van der Waals surface area (Å²) in [7, 11) is 5.92. The van der Waals surface area contributed by atoms with Gasteiger partial charge in [-0.25, -0.2) is 0 Å². The van der Waals surface area contributed by atoms with Gasteiger partial charge in [0, 0.05) is 0 Å². The van der Waals surface area contributed by atoms with Gasteiger partial charge in [0.15, 0.2) is 0 Å². The zero-order valence-electron chi connectivity index (χ0n) is 14.0. The molecular weight excluding hydrogens is 271 g/mol. The van der Waals surface area contributed by atoms with Gasteiger partial charge in [0.25, 0.3) is 0 Å². The van der Waals surface area contributed by atoms with Crippen molar-refractivity contribution in [3.8, 4) is 0 Å². The van der Waals surface area contributed by atoms with Crippen LogP contribution in [0.4, 0.5) is 0 Å². The molecule has 0 heterocycles. The van der Waals surface area contributed by atoms with Crippen molar-refractivity contribution in [2.24, 2.45) is 17.8 Å². The molecule has 0 unspecified atom stereocenters. The smallest absolute Gasteiger partial charge is 0.309 e. The Morgan fingerprint density at radius 1 is 0.727 bits per heavy atom. The van der Waals surface area contributed by atoms with E-state index in [0.29, 0.717) is 5.82 Å². The van der Waals surface area contributed by atoms with Crippen molar-refractivity contribution in [2.45, 2.75) is 95.4 Å². The number of carbonyl (C=O) groups is 1. The molecule has 3 aliphatic carbocycles. The van der Waals surface area contributed by atoms with Gasteiger partial charge in [-0.15, -0.1) is 0 Å². The second-order valence-electron chi connectivity index (χ2n) is 7.98. The molecule has 3 aliphatic rings. The molecule has 0 saturated heterocycles. The van der Waals surface area contributed by atoms with Crippen LogP contribution in [-0.4, -0.2) is 19.9 Å². The zero-order valence-corrected chi connectivity index (χ0v) is 14.0. The summed E-state index contributed by atoms with van der Waals surface area (Å²) in [5, 5.41) is 0. The van der Waals surface area contributed by atoms with Gasteiger partial charge >= 0.3 is 5.97 Å². The van der Waals surface area contributed by atoms with Crippen molar-refractivity contribution in [3.05, 3.63) is 0 Å². The van der Waals surface area contributed by atoms with Crippen LogP contribution in [0.25, 0.3) is 0 Å². The quantitative estimate of drug-likeness (QED) is 0.552. The van der Waals surface area contributed by atoms with Crippen LogP contribution in [-0.2, 0) is 9.53 Å². The minimum absolute atomic E-state index is 0.0857. The monoisotopic (exact) mass is 302 g/mol. The molecule has 0 aromatic carbocycles. The second kappa shape index (κ2) is 7.88. The van der Waals surface area contributed by atoms with Gasteiger partial charge in [0.2, 0.25) is 0 Å². The highest BCUT2D eigenvalue weighted by atomic mass is 16.5. The maximum atomic E-state index is 12.4. The number of hydrogen-bond acceptors (Lipinski definition) is 2. The summed E-state index contributed by atoms with van der Waals surface area (Å²) in [6.07, 6.45) is 15.9. The Morgan fingerprint density at radius 3 is 1.95 bits per heavy atom. The summed E-state index contributed by atoms with van der Waals surface area (Å²) in [5.41, 5.74) is 0. The van der Waals surface area contributed by atoms with Crippen LogP contribution < -0.4 is 0 Å². The predicted octanol–water partition coefficient (Wildman–Crippen LogP) is 4.82. The number of esters is 1. The Kier molecular flexibility index (Phi) is 5.87. The second-order valence-corrected chi connectivity index (χ2v) is 7.98. The summed E-state index contributed by atoms with van der Waals surface area (Å²) >= 11 is 0. The molecule has 122 valence electrons. The fraction of sp³-hybridized carbons (Fsp3) is 0.947. The SMILES string of the molecule is [B]C1CCC(OC(=O)C2CCC(C3CCCCC3)CC2)CC1. The molecule has 2 radical (unpaired) electrons. The molecule has 0 aliphatic heterocycles. The van der Waals surface area contributed by atoms with Crippen LogP contribution in [0.15, 0.2) is 0 Å². The fourth-order valence-corrected chi connectivity index (χ4v) is 4.90. The van der Waals surface area contributed by atoms with Gasteiger partial charge in [-0.2, -0.15) is 0 Å². The lowest BCUT2D eigenvalue weighted by Crippen LogP contribution is -2.31. The molecule has 2 nitrogen and oxygen atoms in total. The Morgan fingerprint density at radius 2 is 1.32 bits per heavy atom. The lowest BCUT2D eigenvalue weighted by Gasteiger charge is -2.35. The molecule has 0 aromatic rings. The molecule has 0 aromatic heterocycles. The average molecular weight is 302 g/mol. The van der Waals surface area contributed by atoms with Crippen LogP contribution in [0.1, 0.15) is 83.5 Å². The third-order valence-electron chi connectivity index (χ3n) is 6.42. The van der Waals surface area contributed by atoms with Gasteiger partial charge in [-0.1, -0.05) is 50.8 Å².